The van der Waals surface area contributed by atoms with Gasteiger partial charge in [0.2, 0.25) is 0 Å². The quantitative estimate of drug-likeness (QED) is 0.916. The van der Waals surface area contributed by atoms with Crippen LogP contribution in [-0.4, -0.2) is 21.2 Å². The minimum absolute atomic E-state index is 0.0893. The van der Waals surface area contributed by atoms with Gasteiger partial charge in [0.15, 0.2) is 0 Å². The van der Waals surface area contributed by atoms with E-state index in [4.69, 9.17) is 22.1 Å². The van der Waals surface area contributed by atoms with Gasteiger partial charge in [0.25, 0.3) is 0 Å². The highest BCUT2D eigenvalue weighted by atomic mass is 35.5. The normalized spacial score (nSPS) is 12.0. The topological polar surface area (TPSA) is 38.5 Å². The second-order valence-electron chi connectivity index (χ2n) is 5.25. The number of methoxy groups -OCH3 is 1. The number of hydrogen-bond acceptors (Lipinski definition) is 3. The van der Waals surface area contributed by atoms with Crippen molar-refractivity contribution >= 4 is 17.3 Å². The van der Waals surface area contributed by atoms with Gasteiger partial charge in [-0.1, -0.05) is 23.7 Å². The Morgan fingerprint density at radius 3 is 2.38 bits per heavy atom. The van der Waals surface area contributed by atoms with Gasteiger partial charge >= 0.3 is 0 Å². The molecule has 0 amide bonds. The third kappa shape index (κ3) is 3.90. The first-order valence-electron chi connectivity index (χ1n) is 6.86. The molecule has 0 spiro atoms. The molecule has 4 heteroatoms. The predicted molar refractivity (Wildman–Crippen MR) is 89.4 cm³/mol. The average Bonchev–Trinajstić information content (AvgIpc) is 2.47. The maximum atomic E-state index is 6.31. The van der Waals surface area contributed by atoms with Crippen molar-refractivity contribution in [2.24, 2.45) is 5.73 Å². The van der Waals surface area contributed by atoms with Crippen molar-refractivity contribution in [3.63, 3.8) is 0 Å². The zero-order valence-electron chi connectivity index (χ0n) is 12.6. The molecule has 0 aliphatic carbocycles. The molecule has 2 aromatic rings. The van der Waals surface area contributed by atoms with Crippen molar-refractivity contribution in [2.45, 2.75) is 12.5 Å². The first kappa shape index (κ1) is 15.7. The third-order valence-corrected chi connectivity index (χ3v) is 3.76. The number of nitrogens with zero attached hydrogens (tertiary/aromatic N) is 1. The molecule has 0 aliphatic rings. The van der Waals surface area contributed by atoms with Crippen LogP contribution in [0.1, 0.15) is 17.2 Å². The van der Waals surface area contributed by atoms with Gasteiger partial charge < -0.3 is 15.4 Å². The van der Waals surface area contributed by atoms with Crippen LogP contribution in [0.3, 0.4) is 0 Å². The Labute approximate surface area is 131 Å². The number of rotatable bonds is 5. The smallest absolute Gasteiger partial charge is 0.122 e. The van der Waals surface area contributed by atoms with Gasteiger partial charge in [-0.05, 0) is 47.9 Å². The average molecular weight is 305 g/mol. The molecular formula is C17H21ClN2O. The van der Waals surface area contributed by atoms with E-state index in [2.05, 4.69) is 29.2 Å². The summed E-state index contributed by atoms with van der Waals surface area (Å²) in [6.45, 7) is 0. The molecule has 2 aromatic carbocycles. The fraction of sp³-hybridized carbons (Fsp3) is 0.294. The summed E-state index contributed by atoms with van der Waals surface area (Å²) in [6.07, 6.45) is 0.686. The highest BCUT2D eigenvalue weighted by Gasteiger charge is 2.11. The summed E-state index contributed by atoms with van der Waals surface area (Å²) in [6, 6.07) is 13.8. The summed E-state index contributed by atoms with van der Waals surface area (Å²) in [5, 5.41) is 0.695. The molecule has 0 heterocycles. The van der Waals surface area contributed by atoms with Crippen molar-refractivity contribution in [3.05, 3.63) is 58.6 Å². The molecule has 0 aliphatic heterocycles. The van der Waals surface area contributed by atoms with E-state index in [0.29, 0.717) is 11.4 Å². The summed E-state index contributed by atoms with van der Waals surface area (Å²) in [5.41, 5.74) is 9.60. The lowest BCUT2D eigenvalue weighted by molar-refractivity contribution is 0.408. The van der Waals surface area contributed by atoms with Crippen LogP contribution in [0, 0.1) is 0 Å². The van der Waals surface area contributed by atoms with E-state index < -0.39 is 0 Å². The first-order valence-corrected chi connectivity index (χ1v) is 7.24. The minimum Gasteiger partial charge on any atom is -0.496 e. The Morgan fingerprint density at radius 2 is 1.81 bits per heavy atom. The number of benzene rings is 2. The Bertz CT molecular complexity index is 596. The van der Waals surface area contributed by atoms with Crippen LogP contribution in [0.15, 0.2) is 42.5 Å². The van der Waals surface area contributed by atoms with Crippen LogP contribution in [0.5, 0.6) is 5.75 Å². The molecule has 0 fully saturated rings. The van der Waals surface area contributed by atoms with Crippen LogP contribution in [0.25, 0.3) is 0 Å². The molecule has 0 aromatic heterocycles. The standard InChI is InChI=1S/C17H21ClN2O/c1-20(2)15-7-4-12(5-8-15)16(19)11-13-10-14(18)6-9-17(13)21-3/h4-10,16H,11,19H2,1-3H3. The van der Waals surface area contributed by atoms with Gasteiger partial charge in [-0.3, -0.25) is 0 Å². The second kappa shape index (κ2) is 6.83. The van der Waals surface area contributed by atoms with Gasteiger partial charge in [0.05, 0.1) is 7.11 Å². The van der Waals surface area contributed by atoms with Gasteiger partial charge in [0.1, 0.15) is 5.75 Å². The van der Waals surface area contributed by atoms with Crippen molar-refractivity contribution < 1.29 is 4.74 Å². The highest BCUT2D eigenvalue weighted by Crippen LogP contribution is 2.27. The van der Waals surface area contributed by atoms with E-state index in [1.165, 1.54) is 0 Å². The molecule has 21 heavy (non-hydrogen) atoms. The molecule has 0 saturated carbocycles. The molecule has 1 unspecified atom stereocenters. The molecule has 112 valence electrons. The van der Waals surface area contributed by atoms with Gasteiger partial charge in [-0.15, -0.1) is 0 Å². The Hall–Kier alpha value is -1.71. The molecule has 0 bridgehead atoms. The van der Waals surface area contributed by atoms with Crippen LogP contribution in [0.4, 0.5) is 5.69 Å². The van der Waals surface area contributed by atoms with Crippen molar-refractivity contribution in [1.82, 2.24) is 0 Å². The SMILES string of the molecule is COc1ccc(Cl)cc1CC(N)c1ccc(N(C)C)cc1. The lowest BCUT2D eigenvalue weighted by Crippen LogP contribution is -2.14. The maximum Gasteiger partial charge on any atom is 0.122 e. The van der Waals surface area contributed by atoms with Crippen molar-refractivity contribution in [1.29, 1.82) is 0 Å². The zero-order chi connectivity index (χ0) is 15.4. The van der Waals surface area contributed by atoms with E-state index in [9.17, 15) is 0 Å². The van der Waals surface area contributed by atoms with Gasteiger partial charge in [0, 0.05) is 30.8 Å². The summed E-state index contributed by atoms with van der Waals surface area (Å²) in [4.78, 5) is 2.06. The molecule has 1 atom stereocenters. The highest BCUT2D eigenvalue weighted by molar-refractivity contribution is 6.30. The fourth-order valence-electron chi connectivity index (χ4n) is 2.28. The second-order valence-corrected chi connectivity index (χ2v) is 5.69. The summed E-state index contributed by atoms with van der Waals surface area (Å²) in [7, 11) is 5.70. The fourth-order valence-corrected chi connectivity index (χ4v) is 2.48. The number of halogens is 1. The number of nitrogens with two attached hydrogens (primary N) is 1. The first-order chi connectivity index (χ1) is 10.0. The van der Waals surface area contributed by atoms with Crippen molar-refractivity contribution in [3.8, 4) is 5.75 Å². The summed E-state index contributed by atoms with van der Waals surface area (Å²) < 4.78 is 5.37. The lowest BCUT2D eigenvalue weighted by Gasteiger charge is -2.17. The monoisotopic (exact) mass is 304 g/mol. The van der Waals surface area contributed by atoms with Crippen molar-refractivity contribution in [2.75, 3.05) is 26.1 Å². The van der Waals surface area contributed by atoms with Crippen LogP contribution >= 0.6 is 11.6 Å². The number of ether oxygens (including phenoxy) is 1. The molecule has 2 rings (SSSR count). The maximum absolute atomic E-state index is 6.31. The van der Waals surface area contributed by atoms with Gasteiger partial charge in [-0.25, -0.2) is 0 Å². The van der Waals surface area contributed by atoms with E-state index in [1.54, 1.807) is 7.11 Å². The van der Waals surface area contributed by atoms with Crippen LogP contribution < -0.4 is 15.4 Å². The molecule has 2 N–H and O–H groups in total. The summed E-state index contributed by atoms with van der Waals surface area (Å²) in [5.74, 6) is 0.819. The predicted octanol–water partition coefficient (Wildman–Crippen LogP) is 3.66. The number of hydrogen-bond donors (Lipinski definition) is 1. The van der Waals surface area contributed by atoms with Gasteiger partial charge in [-0.2, -0.15) is 0 Å². The Kier molecular flexibility index (Phi) is 5.10. The van der Waals surface area contributed by atoms with Crippen LogP contribution in [-0.2, 0) is 6.42 Å². The molecule has 0 radical (unpaired) electrons. The molecule has 0 saturated heterocycles. The van der Waals surface area contributed by atoms with E-state index in [0.717, 1.165) is 22.6 Å². The van der Waals surface area contributed by atoms with E-state index in [-0.39, 0.29) is 6.04 Å². The van der Waals surface area contributed by atoms with Crippen LogP contribution in [0.2, 0.25) is 5.02 Å². The third-order valence-electron chi connectivity index (χ3n) is 3.52. The summed E-state index contributed by atoms with van der Waals surface area (Å²) >= 11 is 6.06. The lowest BCUT2D eigenvalue weighted by atomic mass is 9.99. The minimum atomic E-state index is -0.0893. The van der Waals surface area contributed by atoms with E-state index >= 15 is 0 Å². The number of anilines is 1. The Balaban J connectivity index is 2.17. The Morgan fingerprint density at radius 1 is 1.14 bits per heavy atom. The van der Waals surface area contributed by atoms with E-state index in [1.807, 2.05) is 32.3 Å². The molecular weight excluding hydrogens is 284 g/mol. The molecule has 3 nitrogen and oxygen atoms in total. The largest absolute Gasteiger partial charge is 0.496 e. The zero-order valence-corrected chi connectivity index (χ0v) is 13.4.